The fourth-order valence-corrected chi connectivity index (χ4v) is 4.88. The van der Waals surface area contributed by atoms with Crippen molar-refractivity contribution in [3.63, 3.8) is 0 Å². The van der Waals surface area contributed by atoms with Crippen LogP contribution in [0, 0.1) is 0 Å². The van der Waals surface area contributed by atoms with Crippen LogP contribution >= 0.6 is 35.7 Å². The highest BCUT2D eigenvalue weighted by Gasteiger charge is 2.29. The molecule has 2 aliphatic rings. The third-order valence-corrected chi connectivity index (χ3v) is 6.88. The van der Waals surface area contributed by atoms with Gasteiger partial charge in [-0.05, 0) is 56.4 Å². The first-order valence-corrected chi connectivity index (χ1v) is 11.6. The van der Waals surface area contributed by atoms with Crippen LogP contribution in [0.3, 0.4) is 0 Å². The zero-order valence-electron chi connectivity index (χ0n) is 17.7. The van der Waals surface area contributed by atoms with Gasteiger partial charge in [0.2, 0.25) is 0 Å². The number of ether oxygens (including phenoxy) is 2. The number of rotatable bonds is 8. The van der Waals surface area contributed by atoms with Crippen molar-refractivity contribution in [3.05, 3.63) is 35.4 Å². The summed E-state index contributed by atoms with van der Waals surface area (Å²) < 4.78 is 11.8. The highest BCUT2D eigenvalue weighted by Crippen LogP contribution is 2.36. The summed E-state index contributed by atoms with van der Waals surface area (Å²) in [6.07, 6.45) is 4.92. The molecule has 5 nitrogen and oxygen atoms in total. The number of aliphatic imine (C=N–C) groups is 1. The average molecular weight is 534 g/mol. The van der Waals surface area contributed by atoms with Crippen LogP contribution in [0.25, 0.3) is 0 Å². The summed E-state index contributed by atoms with van der Waals surface area (Å²) in [6.45, 7) is 9.26. The summed E-state index contributed by atoms with van der Waals surface area (Å²) >= 11 is 2.07. The van der Waals surface area contributed by atoms with E-state index in [-0.39, 0.29) is 24.0 Å². The summed E-state index contributed by atoms with van der Waals surface area (Å²) in [7, 11) is 0. The lowest BCUT2D eigenvalue weighted by Gasteiger charge is -2.24. The average Bonchev–Trinajstić information content (AvgIpc) is 3.16. The van der Waals surface area contributed by atoms with Crippen molar-refractivity contribution in [1.82, 2.24) is 10.6 Å². The van der Waals surface area contributed by atoms with E-state index < -0.39 is 0 Å². The fourth-order valence-electron chi connectivity index (χ4n) is 3.63. The standard InChI is InChI=1S/C22H35N3O2S.HI/c1-3-23-21(25-17-22(2)10-5-13-28-22)24-15-18-6-4-7-19(14-18)16-27-20-8-11-26-12-9-20;/h4,6-7,14,20H,3,5,8-13,15-17H2,1-2H3,(H2,23,24,25);1H. The Hall–Kier alpha value is -0.510. The zero-order valence-corrected chi connectivity index (χ0v) is 20.9. The van der Waals surface area contributed by atoms with Crippen molar-refractivity contribution in [3.8, 4) is 0 Å². The molecule has 164 valence electrons. The van der Waals surface area contributed by atoms with Gasteiger partial charge in [-0.25, -0.2) is 4.99 Å². The van der Waals surface area contributed by atoms with Crippen molar-refractivity contribution in [1.29, 1.82) is 0 Å². The Bertz CT molecular complexity index is 632. The van der Waals surface area contributed by atoms with Crippen molar-refractivity contribution >= 4 is 41.7 Å². The Balaban J connectivity index is 0.00000300. The van der Waals surface area contributed by atoms with E-state index in [1.54, 1.807) is 0 Å². The van der Waals surface area contributed by atoms with E-state index in [1.807, 2.05) is 0 Å². The van der Waals surface area contributed by atoms with Crippen molar-refractivity contribution < 1.29 is 9.47 Å². The lowest BCUT2D eigenvalue weighted by atomic mass is 10.1. The summed E-state index contributed by atoms with van der Waals surface area (Å²) in [4.78, 5) is 4.79. The van der Waals surface area contributed by atoms with Gasteiger partial charge in [0.1, 0.15) is 0 Å². The topological polar surface area (TPSA) is 54.9 Å². The molecule has 1 unspecified atom stereocenters. The van der Waals surface area contributed by atoms with E-state index in [1.165, 1.54) is 29.7 Å². The Morgan fingerprint density at radius 2 is 2.07 bits per heavy atom. The van der Waals surface area contributed by atoms with Gasteiger partial charge in [-0.2, -0.15) is 11.8 Å². The van der Waals surface area contributed by atoms with Gasteiger partial charge in [-0.15, -0.1) is 24.0 Å². The van der Waals surface area contributed by atoms with Crippen LogP contribution < -0.4 is 10.6 Å². The quantitative estimate of drug-likeness (QED) is 0.296. The molecular formula is C22H36IN3O2S. The van der Waals surface area contributed by atoms with Crippen LogP contribution in [0.1, 0.15) is 50.7 Å². The molecule has 0 saturated carbocycles. The maximum Gasteiger partial charge on any atom is 0.191 e. The summed E-state index contributed by atoms with van der Waals surface area (Å²) in [6, 6.07) is 8.58. The summed E-state index contributed by atoms with van der Waals surface area (Å²) in [5.41, 5.74) is 2.43. The van der Waals surface area contributed by atoms with E-state index in [9.17, 15) is 0 Å². The molecule has 7 heteroatoms. The van der Waals surface area contributed by atoms with Gasteiger partial charge in [-0.1, -0.05) is 24.3 Å². The van der Waals surface area contributed by atoms with E-state index in [0.717, 1.165) is 45.1 Å². The number of nitrogens with one attached hydrogen (secondary N) is 2. The van der Waals surface area contributed by atoms with Crippen molar-refractivity contribution in [2.75, 3.05) is 32.1 Å². The number of hydrogen-bond acceptors (Lipinski definition) is 4. The molecule has 29 heavy (non-hydrogen) atoms. The minimum Gasteiger partial charge on any atom is -0.381 e. The van der Waals surface area contributed by atoms with Crippen LogP contribution in [0.2, 0.25) is 0 Å². The number of halogens is 1. The van der Waals surface area contributed by atoms with Crippen LogP contribution in [0.4, 0.5) is 0 Å². The maximum absolute atomic E-state index is 6.05. The Morgan fingerprint density at radius 1 is 1.28 bits per heavy atom. The molecule has 0 aliphatic carbocycles. The molecule has 2 N–H and O–H groups in total. The number of benzene rings is 1. The van der Waals surface area contributed by atoms with E-state index >= 15 is 0 Å². The second-order valence-electron chi connectivity index (χ2n) is 7.89. The van der Waals surface area contributed by atoms with Gasteiger partial charge in [0.25, 0.3) is 0 Å². The fraction of sp³-hybridized carbons (Fsp3) is 0.682. The maximum atomic E-state index is 6.05. The van der Waals surface area contributed by atoms with Gasteiger partial charge in [0, 0.05) is 31.1 Å². The molecule has 0 aromatic heterocycles. The normalized spacial score (nSPS) is 22.9. The number of thioether (sulfide) groups is 1. The predicted molar refractivity (Wildman–Crippen MR) is 133 cm³/mol. The second kappa shape index (κ2) is 13.0. The van der Waals surface area contributed by atoms with Gasteiger partial charge >= 0.3 is 0 Å². The number of hydrogen-bond donors (Lipinski definition) is 2. The lowest BCUT2D eigenvalue weighted by Crippen LogP contribution is -2.43. The van der Waals surface area contributed by atoms with Crippen LogP contribution in [0.15, 0.2) is 29.3 Å². The highest BCUT2D eigenvalue weighted by atomic mass is 127. The molecule has 1 atom stereocenters. The lowest BCUT2D eigenvalue weighted by molar-refractivity contribution is -0.0390. The van der Waals surface area contributed by atoms with Crippen LogP contribution in [0.5, 0.6) is 0 Å². The summed E-state index contributed by atoms with van der Waals surface area (Å²) in [5, 5.41) is 6.91. The van der Waals surface area contributed by atoms with E-state index in [2.05, 4.69) is 60.5 Å². The second-order valence-corrected chi connectivity index (χ2v) is 9.58. The molecule has 2 aliphatic heterocycles. The van der Waals surface area contributed by atoms with Crippen molar-refractivity contribution in [2.24, 2.45) is 4.99 Å². The molecule has 2 heterocycles. The Kier molecular flexibility index (Phi) is 11.1. The third kappa shape index (κ3) is 8.63. The molecule has 0 amide bonds. The van der Waals surface area contributed by atoms with Gasteiger partial charge in [0.05, 0.1) is 19.3 Å². The minimum atomic E-state index is 0. The monoisotopic (exact) mass is 533 g/mol. The third-order valence-electron chi connectivity index (χ3n) is 5.34. The molecule has 1 aromatic carbocycles. The molecule has 0 radical (unpaired) electrons. The van der Waals surface area contributed by atoms with Gasteiger partial charge < -0.3 is 20.1 Å². The first-order chi connectivity index (χ1) is 13.7. The van der Waals surface area contributed by atoms with Gasteiger partial charge in [0.15, 0.2) is 5.96 Å². The first kappa shape index (κ1) is 24.8. The molecular weight excluding hydrogens is 497 g/mol. The molecule has 2 saturated heterocycles. The molecule has 1 aromatic rings. The Labute approximate surface area is 197 Å². The largest absolute Gasteiger partial charge is 0.381 e. The number of nitrogens with zero attached hydrogens (tertiary/aromatic N) is 1. The van der Waals surface area contributed by atoms with Crippen molar-refractivity contribution in [2.45, 2.75) is 63.5 Å². The van der Waals surface area contributed by atoms with Gasteiger partial charge in [-0.3, -0.25) is 0 Å². The number of guanidine groups is 1. The predicted octanol–water partition coefficient (Wildman–Crippen LogP) is 4.34. The van der Waals surface area contributed by atoms with Crippen LogP contribution in [-0.4, -0.2) is 48.9 Å². The summed E-state index contributed by atoms with van der Waals surface area (Å²) in [5.74, 6) is 2.18. The smallest absolute Gasteiger partial charge is 0.191 e. The Morgan fingerprint density at radius 3 is 2.79 bits per heavy atom. The first-order valence-electron chi connectivity index (χ1n) is 10.6. The molecule has 0 bridgehead atoms. The van der Waals surface area contributed by atoms with E-state index in [0.29, 0.717) is 24.0 Å². The highest BCUT2D eigenvalue weighted by molar-refractivity contribution is 14.0. The SMILES string of the molecule is CCNC(=NCc1cccc(COC2CCOCC2)c1)NCC1(C)CCCS1.I. The molecule has 0 spiro atoms. The van der Waals surface area contributed by atoms with Crippen LogP contribution in [-0.2, 0) is 22.6 Å². The molecule has 2 fully saturated rings. The minimum absolute atomic E-state index is 0. The molecule has 3 rings (SSSR count). The zero-order chi connectivity index (χ0) is 19.7. The van der Waals surface area contributed by atoms with E-state index in [4.69, 9.17) is 14.5 Å².